The number of nitrogens with one attached hydrogen (secondary N) is 1. The number of alkyl halides is 3. The maximum atomic E-state index is 13.7. The molecule has 0 atom stereocenters. The second kappa shape index (κ2) is 7.24. The Labute approximate surface area is 150 Å². The second-order valence-corrected chi connectivity index (χ2v) is 6.10. The Hall–Kier alpha value is -2.13. The molecule has 1 fully saturated rings. The zero-order chi connectivity index (χ0) is 18.9. The predicted molar refractivity (Wildman–Crippen MR) is 83.2 cm³/mol. The van der Waals surface area contributed by atoms with E-state index in [-0.39, 0.29) is 28.1 Å². The van der Waals surface area contributed by atoms with E-state index in [0.717, 1.165) is 6.07 Å². The number of nitrogens with zero attached hydrogens (tertiary/aromatic N) is 1. The SMILES string of the molecule is O=C(NC1CCOCC1)c1noc(-c2ccc(C(F)(F)F)c(F)c2)c1Cl. The summed E-state index contributed by atoms with van der Waals surface area (Å²) >= 11 is 6.07. The van der Waals surface area contributed by atoms with Crippen molar-refractivity contribution in [1.82, 2.24) is 10.5 Å². The van der Waals surface area contributed by atoms with Gasteiger partial charge in [0.25, 0.3) is 5.91 Å². The van der Waals surface area contributed by atoms with Crippen LogP contribution >= 0.6 is 11.6 Å². The van der Waals surface area contributed by atoms with Crippen molar-refractivity contribution in [2.24, 2.45) is 0 Å². The van der Waals surface area contributed by atoms with E-state index in [2.05, 4.69) is 10.5 Å². The number of amides is 1. The molecule has 1 aliphatic heterocycles. The molecule has 0 unspecified atom stereocenters. The maximum Gasteiger partial charge on any atom is 0.419 e. The largest absolute Gasteiger partial charge is 0.419 e. The van der Waals surface area contributed by atoms with Gasteiger partial charge in [-0.05, 0) is 25.0 Å². The van der Waals surface area contributed by atoms with Crippen LogP contribution in [0.1, 0.15) is 28.9 Å². The molecule has 5 nitrogen and oxygen atoms in total. The summed E-state index contributed by atoms with van der Waals surface area (Å²) < 4.78 is 61.8. The van der Waals surface area contributed by atoms with Crippen LogP contribution in [0, 0.1) is 5.82 Å². The molecule has 140 valence electrons. The van der Waals surface area contributed by atoms with Crippen molar-refractivity contribution in [3.05, 3.63) is 40.3 Å². The van der Waals surface area contributed by atoms with Gasteiger partial charge in [0.15, 0.2) is 11.5 Å². The zero-order valence-corrected chi connectivity index (χ0v) is 14.0. The fourth-order valence-corrected chi connectivity index (χ4v) is 2.85. The first-order valence-electron chi connectivity index (χ1n) is 7.68. The van der Waals surface area contributed by atoms with E-state index < -0.39 is 23.5 Å². The van der Waals surface area contributed by atoms with Crippen molar-refractivity contribution < 1.29 is 31.6 Å². The quantitative estimate of drug-likeness (QED) is 0.800. The lowest BCUT2D eigenvalue weighted by Crippen LogP contribution is -2.39. The average molecular weight is 393 g/mol. The molecule has 0 spiro atoms. The van der Waals surface area contributed by atoms with E-state index in [9.17, 15) is 22.4 Å². The van der Waals surface area contributed by atoms with Crippen LogP contribution in [-0.4, -0.2) is 30.3 Å². The van der Waals surface area contributed by atoms with Crippen LogP contribution in [0.5, 0.6) is 0 Å². The predicted octanol–water partition coefficient (Wildman–Crippen LogP) is 4.06. The zero-order valence-electron chi connectivity index (χ0n) is 13.2. The van der Waals surface area contributed by atoms with Crippen LogP contribution in [0.4, 0.5) is 17.6 Å². The fourth-order valence-electron chi connectivity index (χ4n) is 2.58. The van der Waals surface area contributed by atoms with Crippen molar-refractivity contribution in [1.29, 1.82) is 0 Å². The lowest BCUT2D eigenvalue weighted by atomic mass is 10.1. The summed E-state index contributed by atoms with van der Waals surface area (Å²) in [5, 5.41) is 6.10. The van der Waals surface area contributed by atoms with Crippen molar-refractivity contribution >= 4 is 17.5 Å². The fraction of sp³-hybridized carbons (Fsp3) is 0.375. The molecular formula is C16H13ClF4N2O3. The number of halogens is 5. The normalized spacial score (nSPS) is 15.9. The van der Waals surface area contributed by atoms with Crippen LogP contribution < -0.4 is 5.32 Å². The van der Waals surface area contributed by atoms with E-state index in [0.29, 0.717) is 38.2 Å². The Morgan fingerprint density at radius 1 is 1.27 bits per heavy atom. The molecule has 1 aromatic heterocycles. The number of benzene rings is 1. The Bertz CT molecular complexity index is 816. The number of carbonyl (C=O) groups excluding carboxylic acids is 1. The van der Waals surface area contributed by atoms with Crippen molar-refractivity contribution in [3.63, 3.8) is 0 Å². The Morgan fingerprint density at radius 3 is 2.58 bits per heavy atom. The number of ether oxygens (including phenoxy) is 1. The number of hydrogen-bond donors (Lipinski definition) is 1. The van der Waals surface area contributed by atoms with Gasteiger partial charge in [-0.3, -0.25) is 4.79 Å². The van der Waals surface area contributed by atoms with E-state index in [1.165, 1.54) is 0 Å². The van der Waals surface area contributed by atoms with Crippen LogP contribution in [0.3, 0.4) is 0 Å². The first-order valence-corrected chi connectivity index (χ1v) is 8.06. The smallest absolute Gasteiger partial charge is 0.381 e. The van der Waals surface area contributed by atoms with Gasteiger partial charge < -0.3 is 14.6 Å². The van der Waals surface area contributed by atoms with Crippen molar-refractivity contribution in [2.45, 2.75) is 25.1 Å². The van der Waals surface area contributed by atoms with Gasteiger partial charge in [0.2, 0.25) is 0 Å². The molecule has 26 heavy (non-hydrogen) atoms. The van der Waals surface area contributed by atoms with E-state index in [4.69, 9.17) is 20.9 Å². The third-order valence-corrected chi connectivity index (χ3v) is 4.29. The summed E-state index contributed by atoms with van der Waals surface area (Å²) in [4.78, 5) is 12.2. The molecular weight excluding hydrogens is 380 g/mol. The summed E-state index contributed by atoms with van der Waals surface area (Å²) in [6.45, 7) is 1.04. The second-order valence-electron chi connectivity index (χ2n) is 5.73. The average Bonchev–Trinajstić information content (AvgIpc) is 2.96. The van der Waals surface area contributed by atoms with Gasteiger partial charge in [0.05, 0.1) is 5.56 Å². The highest BCUT2D eigenvalue weighted by Crippen LogP contribution is 2.36. The standard InChI is InChI=1S/C16H13ClF4N2O3/c17-12-13(15(24)22-9-3-5-25-6-4-9)23-26-14(12)8-1-2-10(11(18)7-8)16(19,20)21/h1-2,7,9H,3-6H2,(H,22,24). The van der Waals surface area contributed by atoms with Crippen molar-refractivity contribution in [2.75, 3.05) is 13.2 Å². The van der Waals surface area contributed by atoms with Crippen LogP contribution in [0.15, 0.2) is 22.7 Å². The molecule has 1 N–H and O–H groups in total. The van der Waals surface area contributed by atoms with Gasteiger partial charge in [-0.2, -0.15) is 13.2 Å². The van der Waals surface area contributed by atoms with Crippen LogP contribution in [-0.2, 0) is 10.9 Å². The first kappa shape index (κ1) is 18.7. The molecule has 3 rings (SSSR count). The Balaban J connectivity index is 1.82. The Morgan fingerprint density at radius 2 is 1.96 bits per heavy atom. The molecule has 0 radical (unpaired) electrons. The third kappa shape index (κ3) is 3.83. The maximum absolute atomic E-state index is 13.7. The molecule has 1 aliphatic rings. The van der Waals surface area contributed by atoms with Crippen molar-refractivity contribution in [3.8, 4) is 11.3 Å². The molecule has 10 heteroatoms. The minimum absolute atomic E-state index is 0.0573. The monoisotopic (exact) mass is 392 g/mol. The molecule has 1 aromatic carbocycles. The molecule has 2 heterocycles. The molecule has 1 saturated heterocycles. The molecule has 0 bridgehead atoms. The number of hydrogen-bond acceptors (Lipinski definition) is 4. The van der Waals surface area contributed by atoms with Crippen LogP contribution in [0.25, 0.3) is 11.3 Å². The number of aromatic nitrogens is 1. The van der Waals surface area contributed by atoms with E-state index in [1.54, 1.807) is 0 Å². The van der Waals surface area contributed by atoms with Gasteiger partial charge in [-0.1, -0.05) is 22.8 Å². The lowest BCUT2D eigenvalue weighted by Gasteiger charge is -2.22. The lowest BCUT2D eigenvalue weighted by molar-refractivity contribution is -0.139. The first-order chi connectivity index (χ1) is 12.3. The molecule has 0 saturated carbocycles. The number of carbonyl (C=O) groups is 1. The van der Waals surface area contributed by atoms with E-state index >= 15 is 0 Å². The van der Waals surface area contributed by atoms with Crippen LogP contribution in [0.2, 0.25) is 5.02 Å². The summed E-state index contributed by atoms with van der Waals surface area (Å²) in [6, 6.07) is 2.11. The summed E-state index contributed by atoms with van der Waals surface area (Å²) in [5.74, 6) is -2.24. The van der Waals surface area contributed by atoms with Gasteiger partial charge in [-0.15, -0.1) is 0 Å². The minimum Gasteiger partial charge on any atom is -0.381 e. The molecule has 0 aliphatic carbocycles. The van der Waals surface area contributed by atoms with Gasteiger partial charge in [-0.25, -0.2) is 4.39 Å². The van der Waals surface area contributed by atoms with Gasteiger partial charge >= 0.3 is 6.18 Å². The minimum atomic E-state index is -4.82. The highest BCUT2D eigenvalue weighted by Gasteiger charge is 2.34. The highest BCUT2D eigenvalue weighted by atomic mass is 35.5. The van der Waals surface area contributed by atoms with Gasteiger partial charge in [0, 0.05) is 24.8 Å². The number of rotatable bonds is 3. The molecule has 1 amide bonds. The third-order valence-electron chi connectivity index (χ3n) is 3.94. The summed E-state index contributed by atoms with van der Waals surface area (Å²) in [5.41, 5.74) is -1.68. The Kier molecular flexibility index (Phi) is 5.19. The summed E-state index contributed by atoms with van der Waals surface area (Å²) in [7, 11) is 0. The van der Waals surface area contributed by atoms with Gasteiger partial charge in [0.1, 0.15) is 10.8 Å². The summed E-state index contributed by atoms with van der Waals surface area (Å²) in [6.07, 6.45) is -3.54. The highest BCUT2D eigenvalue weighted by molar-refractivity contribution is 6.35. The topological polar surface area (TPSA) is 64.4 Å². The van der Waals surface area contributed by atoms with E-state index in [1.807, 2.05) is 0 Å². The molecule has 2 aromatic rings.